The van der Waals surface area contributed by atoms with E-state index in [1.807, 2.05) is 29.2 Å². The van der Waals surface area contributed by atoms with Crippen LogP contribution in [0.5, 0.6) is 11.6 Å². The SMILES string of the molecule is CC1(OP(=O)(O)O)CCC([C@@H]2COc3cc(S(=O)(=O)NC(=O)c4ccc(N5CCC6(CC5)CC(N5CCCOC[C@H]5c5ccccc5C(C)(C)N)C6)cc4N4c5cc6cc[nH]c6nc5O[C@H]5COCC[C@@H]54)cc([N+](=O)[O-])c3N2)CC1. The number of carbonyl (C=O) groups excluding carboxylic acids is 1. The highest BCUT2D eigenvalue weighted by Gasteiger charge is 2.50. The van der Waals surface area contributed by atoms with Gasteiger partial charge in [0.2, 0.25) is 5.88 Å². The number of nitro benzene ring substituents is 1. The van der Waals surface area contributed by atoms with E-state index >= 15 is 0 Å². The van der Waals surface area contributed by atoms with Crippen molar-refractivity contribution in [1.82, 2.24) is 19.6 Å². The number of aromatic nitrogens is 2. The molecule has 7 heterocycles. The number of phosphoric ester groups is 1. The topological polar surface area (TPSA) is 287 Å². The zero-order valence-corrected chi connectivity index (χ0v) is 46.9. The molecule has 1 amide bonds. The minimum absolute atomic E-state index is 0.00747. The molecule has 2 aliphatic carbocycles. The van der Waals surface area contributed by atoms with Gasteiger partial charge in [-0.3, -0.25) is 24.3 Å². The Morgan fingerprint density at radius 3 is 2.48 bits per heavy atom. The number of nitrogens with zero attached hydrogens (tertiary/aromatic N) is 5. The summed E-state index contributed by atoms with van der Waals surface area (Å²) >= 11 is 0. The van der Waals surface area contributed by atoms with E-state index in [0.29, 0.717) is 74.3 Å². The molecule has 5 aliphatic heterocycles. The van der Waals surface area contributed by atoms with Crippen LogP contribution in [0.3, 0.4) is 0 Å². The minimum Gasteiger partial charge on any atom is -0.489 e. The van der Waals surface area contributed by atoms with Gasteiger partial charge in [-0.2, -0.15) is 4.98 Å². The molecule has 80 heavy (non-hydrogen) atoms. The predicted molar refractivity (Wildman–Crippen MR) is 298 cm³/mol. The molecule has 22 nitrogen and oxygen atoms in total. The molecule has 1 spiro atoms. The fourth-order valence-electron chi connectivity index (χ4n) is 13.8. The number of aromatic amines is 1. The van der Waals surface area contributed by atoms with Gasteiger partial charge in [0.1, 0.15) is 24.0 Å². The van der Waals surface area contributed by atoms with Crippen LogP contribution in [0.15, 0.2) is 77.8 Å². The van der Waals surface area contributed by atoms with Crippen molar-refractivity contribution >= 4 is 63.2 Å². The van der Waals surface area contributed by atoms with Gasteiger partial charge in [-0.25, -0.2) is 17.7 Å². The Morgan fingerprint density at radius 2 is 1.73 bits per heavy atom. The first-order chi connectivity index (χ1) is 38.1. The Labute approximate surface area is 464 Å². The molecule has 3 saturated heterocycles. The highest BCUT2D eigenvalue weighted by Crippen LogP contribution is 2.55. The second-order valence-electron chi connectivity index (χ2n) is 23.9. The molecule has 0 bridgehead atoms. The van der Waals surface area contributed by atoms with Gasteiger partial charge in [0.15, 0.2) is 11.4 Å². The second-order valence-corrected chi connectivity index (χ2v) is 26.7. The summed E-state index contributed by atoms with van der Waals surface area (Å²) in [4.78, 5) is 60.3. The summed E-state index contributed by atoms with van der Waals surface area (Å²) < 4.78 is 72.7. The number of benzene rings is 3. The molecule has 428 valence electrons. The Balaban J connectivity index is 0.815. The summed E-state index contributed by atoms with van der Waals surface area (Å²) in [6, 6.07) is 19.7. The van der Waals surface area contributed by atoms with E-state index in [1.165, 1.54) is 11.6 Å². The highest BCUT2D eigenvalue weighted by molar-refractivity contribution is 7.90. The van der Waals surface area contributed by atoms with Crippen LogP contribution in [0, 0.1) is 21.4 Å². The molecule has 7 N–H and O–H groups in total. The molecule has 0 unspecified atom stereocenters. The molecule has 7 aliphatic rings. The Morgan fingerprint density at radius 1 is 0.963 bits per heavy atom. The van der Waals surface area contributed by atoms with Gasteiger partial charge in [0, 0.05) is 73.8 Å². The quantitative estimate of drug-likeness (QED) is 0.0393. The Hall–Kier alpha value is -5.88. The van der Waals surface area contributed by atoms with Gasteiger partial charge in [-0.05, 0) is 138 Å². The number of phosphoric acid groups is 1. The first kappa shape index (κ1) is 54.7. The number of nitrogens with two attached hydrogens (primary N) is 1. The van der Waals surface area contributed by atoms with Gasteiger partial charge in [0.25, 0.3) is 21.6 Å². The van der Waals surface area contributed by atoms with Gasteiger partial charge in [-0.15, -0.1) is 0 Å². The van der Waals surface area contributed by atoms with Gasteiger partial charge in [0.05, 0.1) is 58.0 Å². The number of H-pyrrole nitrogens is 1. The maximum atomic E-state index is 14.9. The van der Waals surface area contributed by atoms with E-state index in [-0.39, 0.29) is 53.6 Å². The molecular weight excluding hydrogens is 1070 g/mol. The largest absolute Gasteiger partial charge is 0.489 e. The molecule has 2 saturated carbocycles. The number of ether oxygens (including phenoxy) is 4. The zero-order valence-electron chi connectivity index (χ0n) is 45.2. The van der Waals surface area contributed by atoms with Gasteiger partial charge in [-0.1, -0.05) is 24.3 Å². The molecule has 12 rings (SSSR count). The summed E-state index contributed by atoms with van der Waals surface area (Å²) in [7, 11) is -9.52. The highest BCUT2D eigenvalue weighted by atomic mass is 32.2. The Kier molecular flexibility index (Phi) is 14.2. The molecule has 24 heteroatoms. The number of piperidine rings is 1. The molecule has 4 atom stereocenters. The third kappa shape index (κ3) is 10.6. The third-order valence-corrected chi connectivity index (χ3v) is 20.0. The lowest BCUT2D eigenvalue weighted by molar-refractivity contribution is -0.384. The van der Waals surface area contributed by atoms with E-state index in [0.717, 1.165) is 81.0 Å². The van der Waals surface area contributed by atoms with Gasteiger partial charge >= 0.3 is 7.82 Å². The van der Waals surface area contributed by atoms with E-state index in [2.05, 4.69) is 62.9 Å². The number of hydrogen-bond acceptors (Lipinski definition) is 17. The number of nitrogens with one attached hydrogen (secondary N) is 3. The average molecular weight is 1140 g/mol. The summed E-state index contributed by atoms with van der Waals surface area (Å²) in [6.07, 6.45) is 8.57. The number of amides is 1. The van der Waals surface area contributed by atoms with Crippen LogP contribution in [-0.2, 0) is 34.1 Å². The van der Waals surface area contributed by atoms with E-state index in [4.69, 9.17) is 34.2 Å². The van der Waals surface area contributed by atoms with Crippen molar-refractivity contribution in [2.75, 3.05) is 67.8 Å². The second kappa shape index (κ2) is 20.8. The standard InChI is InChI=1S/C56H70N9O13PS/c1-54(2,57)41-8-5-4-7-39(41)47-32-74-23-6-20-63(47)37-29-56(30-37)17-21-62(22-18-56)36-9-10-40(44(26-36)64-43-14-24-75-33-49(43)77-53-46(64)25-35-13-19-58-51(35)60-53)52(66)61-80(72,73)38-27-45(65(67)68)50-48(28-38)76-31-42(59-50)34-11-15-55(3,16-12-34)78-79(69,70)71/h4-5,7-10,13,19,25-28,34,37,42-43,47,49,59H,6,11-12,14-18,20-24,29-33,57H2,1-3H3,(H,58,60)(H,61,66)(H2,69,70,71)/t34?,42-,43-,47-,49-,55?/m0/s1. The van der Waals surface area contributed by atoms with Crippen molar-refractivity contribution < 1.29 is 56.0 Å². The third-order valence-electron chi connectivity index (χ3n) is 18.0. The normalized spacial score (nSPS) is 26.4. The Bertz CT molecular complexity index is 3360. The lowest BCUT2D eigenvalue weighted by atomic mass is 9.59. The molecule has 2 aromatic heterocycles. The smallest absolute Gasteiger partial charge is 0.470 e. The van der Waals surface area contributed by atoms with Crippen molar-refractivity contribution in [2.24, 2.45) is 17.1 Å². The van der Waals surface area contributed by atoms with E-state index in [9.17, 15) is 37.7 Å². The first-order valence-corrected chi connectivity index (χ1v) is 30.8. The lowest BCUT2D eigenvalue weighted by Crippen LogP contribution is -2.56. The number of anilines is 4. The molecule has 5 aromatic rings. The molecule has 3 aromatic carbocycles. The van der Waals surface area contributed by atoms with Crippen LogP contribution in [0.25, 0.3) is 11.0 Å². The van der Waals surface area contributed by atoms with E-state index < -0.39 is 62.5 Å². The van der Waals surface area contributed by atoms with E-state index in [1.54, 1.807) is 19.2 Å². The van der Waals surface area contributed by atoms with Crippen LogP contribution in [0.2, 0.25) is 0 Å². The zero-order chi connectivity index (χ0) is 55.9. The number of sulfonamides is 1. The van der Waals surface area contributed by atoms with Crippen LogP contribution < -0.4 is 35.0 Å². The van der Waals surface area contributed by atoms with Crippen molar-refractivity contribution in [3.8, 4) is 11.6 Å². The molecule has 5 fully saturated rings. The van der Waals surface area contributed by atoms with Crippen LogP contribution in [0.4, 0.5) is 28.4 Å². The maximum Gasteiger partial charge on any atom is 0.470 e. The lowest BCUT2D eigenvalue weighted by Gasteiger charge is -2.56. The number of nitro groups is 1. The summed E-state index contributed by atoms with van der Waals surface area (Å²) in [6.45, 7) is 10.3. The summed E-state index contributed by atoms with van der Waals surface area (Å²) in [5, 5.41) is 16.7. The number of rotatable bonds is 12. The number of hydrogen-bond donors (Lipinski definition) is 6. The number of fused-ring (bicyclic) bond motifs is 4. The predicted octanol–water partition coefficient (Wildman–Crippen LogP) is 7.92. The fourth-order valence-corrected chi connectivity index (χ4v) is 15.6. The fraction of sp³-hybridized carbons (Fsp3) is 0.536. The summed E-state index contributed by atoms with van der Waals surface area (Å²) in [5.74, 6) is -0.785. The van der Waals surface area contributed by atoms with Crippen molar-refractivity contribution in [2.45, 2.75) is 131 Å². The van der Waals surface area contributed by atoms with Crippen LogP contribution in [0.1, 0.15) is 113 Å². The number of carbonyl (C=O) groups is 1. The monoisotopic (exact) mass is 1140 g/mol. The first-order valence-electron chi connectivity index (χ1n) is 27.8. The van der Waals surface area contributed by atoms with Crippen molar-refractivity contribution in [3.05, 3.63) is 99.7 Å². The average Bonchev–Trinajstić information content (AvgIpc) is 3.90. The maximum absolute atomic E-state index is 14.9. The minimum atomic E-state index is -4.79. The van der Waals surface area contributed by atoms with Crippen molar-refractivity contribution in [3.63, 3.8) is 0 Å². The number of pyridine rings is 1. The van der Waals surface area contributed by atoms with Crippen LogP contribution >= 0.6 is 7.82 Å². The summed E-state index contributed by atoms with van der Waals surface area (Å²) in [5.41, 5.74) is 9.76. The van der Waals surface area contributed by atoms with Crippen LogP contribution in [-0.4, -0.2) is 126 Å². The van der Waals surface area contributed by atoms with Crippen molar-refractivity contribution in [1.29, 1.82) is 0 Å². The van der Waals surface area contributed by atoms with Gasteiger partial charge < -0.3 is 54.6 Å². The molecular formula is C56H70N9O13PS. The molecule has 0 radical (unpaired) electrons.